The Bertz CT molecular complexity index is 1320. The number of carbonyl (C=O) groups is 1. The summed E-state index contributed by atoms with van der Waals surface area (Å²) in [7, 11) is -1.22. The van der Waals surface area contributed by atoms with Crippen molar-refractivity contribution in [2.24, 2.45) is 0 Å². The highest BCUT2D eigenvalue weighted by Gasteiger charge is 2.19. The summed E-state index contributed by atoms with van der Waals surface area (Å²) in [5, 5.41) is 4.26. The lowest BCUT2D eigenvalue weighted by Gasteiger charge is -2.27. The maximum atomic E-state index is 12.8. The number of rotatable bonds is 4. The Balaban J connectivity index is 1.37. The molecule has 7 nitrogen and oxygen atoms in total. The number of hydrogen-bond donors (Lipinski definition) is 1. The van der Waals surface area contributed by atoms with Crippen LogP contribution in [0.3, 0.4) is 0 Å². The minimum absolute atomic E-state index is 0.183. The first-order valence-electron chi connectivity index (χ1n) is 9.87. The Hall–Kier alpha value is -3.20. The quantitative estimate of drug-likeness (QED) is 0.463. The molecule has 1 aliphatic rings. The minimum Gasteiger partial charge on any atom is -0.464 e. The zero-order valence-corrected chi connectivity index (χ0v) is 18.4. The van der Waals surface area contributed by atoms with Crippen LogP contribution in [0.25, 0.3) is 22.2 Å². The molecule has 0 saturated carbocycles. The highest BCUT2D eigenvalue weighted by Crippen LogP contribution is 2.34. The SMILES string of the molecule is O=C(Nc1ccc(Cl)c(-c2nccc3occc23)c1)c1ccc(N2CCOCS2=O)cc1. The molecule has 1 aliphatic heterocycles. The zero-order valence-electron chi connectivity index (χ0n) is 16.8. The fourth-order valence-electron chi connectivity index (χ4n) is 3.57. The van der Waals surface area contributed by atoms with Crippen molar-refractivity contribution in [1.82, 2.24) is 4.98 Å². The molecule has 1 unspecified atom stereocenters. The van der Waals surface area contributed by atoms with Crippen LogP contribution >= 0.6 is 11.6 Å². The second-order valence-electron chi connectivity index (χ2n) is 7.14. The third-order valence-electron chi connectivity index (χ3n) is 5.15. The van der Waals surface area contributed by atoms with E-state index >= 15 is 0 Å². The molecule has 1 fully saturated rings. The molecule has 1 atom stereocenters. The standard InChI is InChI=1S/C23H18ClN3O4S/c24-20-6-3-16(13-19(20)22-18-8-11-31-21(18)7-9-25-22)26-23(28)15-1-4-17(5-2-15)27-10-12-30-14-32(27)29/h1-9,11,13H,10,12,14H2,(H,26,28). The summed E-state index contributed by atoms with van der Waals surface area (Å²) >= 11 is 6.43. The van der Waals surface area contributed by atoms with E-state index in [1.54, 1.807) is 65.3 Å². The number of aromatic nitrogens is 1. The summed E-state index contributed by atoms with van der Waals surface area (Å²) in [6.45, 7) is 1.07. The molecule has 1 N–H and O–H groups in total. The van der Waals surface area contributed by atoms with Crippen LogP contribution in [0.2, 0.25) is 5.02 Å². The third-order valence-corrected chi connectivity index (χ3v) is 6.73. The largest absolute Gasteiger partial charge is 0.464 e. The highest BCUT2D eigenvalue weighted by atomic mass is 35.5. The number of nitrogens with zero attached hydrogens (tertiary/aromatic N) is 2. The van der Waals surface area contributed by atoms with Crippen molar-refractivity contribution in [1.29, 1.82) is 0 Å². The molecule has 5 rings (SSSR count). The lowest BCUT2D eigenvalue weighted by atomic mass is 10.1. The van der Waals surface area contributed by atoms with Crippen molar-refractivity contribution < 1.29 is 18.2 Å². The topological polar surface area (TPSA) is 84.7 Å². The predicted octanol–water partition coefficient (Wildman–Crippen LogP) is 4.86. The van der Waals surface area contributed by atoms with Gasteiger partial charge in [-0.1, -0.05) is 11.6 Å². The maximum Gasteiger partial charge on any atom is 0.255 e. The number of ether oxygens (including phenoxy) is 1. The summed E-state index contributed by atoms with van der Waals surface area (Å²) in [4.78, 5) is 17.3. The highest BCUT2D eigenvalue weighted by molar-refractivity contribution is 7.86. The molecule has 1 amide bonds. The number of fused-ring (bicyclic) bond motifs is 1. The van der Waals surface area contributed by atoms with E-state index in [0.29, 0.717) is 46.3 Å². The molecule has 1 saturated heterocycles. The summed E-state index contributed by atoms with van der Waals surface area (Å²) in [5.41, 5.74) is 3.95. The van der Waals surface area contributed by atoms with Crippen LogP contribution in [0.1, 0.15) is 10.4 Å². The van der Waals surface area contributed by atoms with E-state index in [0.717, 1.165) is 11.1 Å². The summed E-state index contributed by atoms with van der Waals surface area (Å²) in [6.07, 6.45) is 3.26. The van der Waals surface area contributed by atoms with Crippen molar-refractivity contribution in [2.75, 3.05) is 28.7 Å². The predicted molar refractivity (Wildman–Crippen MR) is 125 cm³/mol. The van der Waals surface area contributed by atoms with Gasteiger partial charge < -0.3 is 14.5 Å². The zero-order chi connectivity index (χ0) is 22.1. The summed E-state index contributed by atoms with van der Waals surface area (Å²) in [5.74, 6) is -0.0786. The lowest BCUT2D eigenvalue weighted by Crippen LogP contribution is -2.36. The monoisotopic (exact) mass is 467 g/mol. The molecule has 9 heteroatoms. The average Bonchev–Trinajstić information content (AvgIpc) is 3.30. The molecule has 0 aliphatic carbocycles. The first kappa shape index (κ1) is 20.7. The van der Waals surface area contributed by atoms with Crippen molar-refractivity contribution >= 4 is 50.8 Å². The summed E-state index contributed by atoms with van der Waals surface area (Å²) in [6, 6.07) is 15.9. The molecule has 2 aromatic heterocycles. The molecule has 32 heavy (non-hydrogen) atoms. The van der Waals surface area contributed by atoms with Crippen molar-refractivity contribution in [2.45, 2.75) is 0 Å². The number of amides is 1. The molecular weight excluding hydrogens is 450 g/mol. The van der Waals surface area contributed by atoms with Gasteiger partial charge in [0.15, 0.2) is 0 Å². The molecule has 162 valence electrons. The van der Waals surface area contributed by atoms with E-state index in [1.165, 1.54) is 0 Å². The van der Waals surface area contributed by atoms with Crippen LogP contribution in [-0.2, 0) is 15.7 Å². The van der Waals surface area contributed by atoms with Crippen LogP contribution in [0.5, 0.6) is 0 Å². The minimum atomic E-state index is -1.22. The fourth-order valence-corrected chi connectivity index (χ4v) is 4.80. The number of pyridine rings is 1. The Labute approximate surface area is 191 Å². The molecule has 3 heterocycles. The van der Waals surface area contributed by atoms with Crippen LogP contribution < -0.4 is 9.62 Å². The third kappa shape index (κ3) is 4.00. The number of anilines is 2. The molecule has 4 aromatic rings. The first-order chi connectivity index (χ1) is 15.6. The van der Waals surface area contributed by atoms with Crippen molar-refractivity contribution in [3.63, 3.8) is 0 Å². The maximum absolute atomic E-state index is 12.8. The van der Waals surface area contributed by atoms with Gasteiger partial charge in [0.05, 0.1) is 30.1 Å². The smallest absolute Gasteiger partial charge is 0.255 e. The van der Waals surface area contributed by atoms with E-state index in [-0.39, 0.29) is 11.8 Å². The number of hydrogen-bond acceptors (Lipinski definition) is 5. The Morgan fingerprint density at radius 1 is 1.12 bits per heavy atom. The van der Waals surface area contributed by atoms with E-state index < -0.39 is 11.0 Å². The van der Waals surface area contributed by atoms with Crippen LogP contribution in [-0.4, -0.2) is 34.2 Å². The van der Waals surface area contributed by atoms with E-state index in [9.17, 15) is 9.00 Å². The van der Waals surface area contributed by atoms with Crippen LogP contribution in [0.15, 0.2) is 71.5 Å². The average molecular weight is 468 g/mol. The number of carbonyl (C=O) groups excluding carboxylic acids is 1. The molecule has 0 radical (unpaired) electrons. The normalized spacial score (nSPS) is 16.3. The molecule has 2 aromatic carbocycles. The summed E-state index contributed by atoms with van der Waals surface area (Å²) < 4.78 is 24.5. The van der Waals surface area contributed by atoms with Crippen LogP contribution in [0.4, 0.5) is 11.4 Å². The Morgan fingerprint density at radius 2 is 1.97 bits per heavy atom. The number of halogens is 1. The van der Waals surface area contributed by atoms with Gasteiger partial charge in [0.25, 0.3) is 5.91 Å². The number of benzene rings is 2. The second kappa shape index (κ2) is 8.74. The second-order valence-corrected chi connectivity index (χ2v) is 8.86. The lowest BCUT2D eigenvalue weighted by molar-refractivity contribution is 0.102. The van der Waals surface area contributed by atoms with E-state index in [4.69, 9.17) is 20.8 Å². The van der Waals surface area contributed by atoms with Gasteiger partial charge in [-0.15, -0.1) is 0 Å². The Kier molecular flexibility index (Phi) is 5.65. The molecular formula is C23H18ClN3O4S. The van der Waals surface area contributed by atoms with E-state index in [1.807, 2.05) is 6.07 Å². The fraction of sp³-hybridized carbons (Fsp3) is 0.130. The van der Waals surface area contributed by atoms with Gasteiger partial charge in [-0.25, -0.2) is 4.21 Å². The van der Waals surface area contributed by atoms with Gasteiger partial charge in [-0.05, 0) is 54.6 Å². The van der Waals surface area contributed by atoms with Crippen molar-refractivity contribution in [3.8, 4) is 11.3 Å². The van der Waals surface area contributed by atoms with E-state index in [2.05, 4.69) is 10.3 Å². The first-order valence-corrected chi connectivity index (χ1v) is 11.5. The van der Waals surface area contributed by atoms with Gasteiger partial charge in [-0.2, -0.15) is 0 Å². The van der Waals surface area contributed by atoms with Gasteiger partial charge in [0.2, 0.25) is 0 Å². The molecule has 0 bridgehead atoms. The van der Waals surface area contributed by atoms with Gasteiger partial charge in [-0.3, -0.25) is 14.1 Å². The van der Waals surface area contributed by atoms with Gasteiger partial charge in [0, 0.05) is 34.1 Å². The Morgan fingerprint density at radius 3 is 2.78 bits per heavy atom. The molecule has 0 spiro atoms. The number of nitrogens with one attached hydrogen (secondary N) is 1. The van der Waals surface area contributed by atoms with Crippen molar-refractivity contribution in [3.05, 3.63) is 77.6 Å². The van der Waals surface area contributed by atoms with Gasteiger partial charge in [0.1, 0.15) is 22.5 Å². The van der Waals surface area contributed by atoms with Crippen LogP contribution in [0, 0.1) is 0 Å². The van der Waals surface area contributed by atoms with Gasteiger partial charge >= 0.3 is 0 Å². The number of furan rings is 1.